The molecule has 94 valence electrons. The molecule has 2 aromatic rings. The quantitative estimate of drug-likeness (QED) is 0.576. The number of rotatable bonds is 3. The highest BCUT2D eigenvalue weighted by Crippen LogP contribution is 2.34. The predicted octanol–water partition coefficient (Wildman–Crippen LogP) is 6.33. The molecule has 0 bridgehead atoms. The van der Waals surface area contributed by atoms with E-state index in [1.54, 1.807) is 18.2 Å². The van der Waals surface area contributed by atoms with Crippen LogP contribution in [0.15, 0.2) is 36.4 Å². The zero-order valence-electron chi connectivity index (χ0n) is 9.09. The van der Waals surface area contributed by atoms with Crippen LogP contribution in [-0.2, 0) is 5.33 Å². The van der Waals surface area contributed by atoms with Gasteiger partial charge in [0.25, 0.3) is 0 Å². The normalized spacial score (nSPS) is 10.4. The van der Waals surface area contributed by atoms with Gasteiger partial charge in [-0.1, -0.05) is 56.8 Å². The van der Waals surface area contributed by atoms with E-state index in [2.05, 4.69) is 15.9 Å². The van der Waals surface area contributed by atoms with Gasteiger partial charge in [-0.15, -0.1) is 0 Å². The summed E-state index contributed by atoms with van der Waals surface area (Å²) in [6, 6.07) is 10.5. The van der Waals surface area contributed by atoms with Crippen LogP contribution >= 0.6 is 50.7 Å². The van der Waals surface area contributed by atoms with Gasteiger partial charge in [-0.2, -0.15) is 0 Å². The Morgan fingerprint density at radius 3 is 2.28 bits per heavy atom. The molecule has 0 spiro atoms. The van der Waals surface area contributed by atoms with Gasteiger partial charge in [0.05, 0.1) is 0 Å². The van der Waals surface area contributed by atoms with Crippen LogP contribution in [0.1, 0.15) is 5.56 Å². The van der Waals surface area contributed by atoms with Crippen LogP contribution in [0, 0.1) is 0 Å². The first-order valence-corrected chi connectivity index (χ1v) is 7.33. The van der Waals surface area contributed by atoms with Crippen molar-refractivity contribution in [3.05, 3.63) is 57.0 Å². The van der Waals surface area contributed by atoms with Crippen molar-refractivity contribution in [2.75, 3.05) is 0 Å². The molecule has 0 amide bonds. The molecule has 2 aromatic carbocycles. The molecule has 0 aromatic heterocycles. The number of hydrogen-bond donors (Lipinski definition) is 0. The van der Waals surface area contributed by atoms with E-state index in [4.69, 9.17) is 39.5 Å². The van der Waals surface area contributed by atoms with E-state index in [0.717, 1.165) is 5.56 Å². The molecule has 0 saturated carbocycles. The van der Waals surface area contributed by atoms with Gasteiger partial charge in [-0.3, -0.25) is 0 Å². The number of hydrogen-bond acceptors (Lipinski definition) is 1. The SMILES string of the molecule is Clc1cc(Cl)cc(Oc2cccc(Cl)c2CBr)c1. The number of alkyl halides is 1. The molecule has 0 N–H and O–H groups in total. The topological polar surface area (TPSA) is 9.23 Å². The molecule has 0 saturated heterocycles. The summed E-state index contributed by atoms with van der Waals surface area (Å²) in [5.41, 5.74) is 0.885. The van der Waals surface area contributed by atoms with Gasteiger partial charge in [-0.05, 0) is 30.3 Å². The Morgan fingerprint density at radius 1 is 1.00 bits per heavy atom. The highest BCUT2D eigenvalue weighted by molar-refractivity contribution is 9.08. The summed E-state index contributed by atoms with van der Waals surface area (Å²) in [6.45, 7) is 0. The standard InChI is InChI=1S/C13H8BrCl3O/c14-7-11-12(17)2-1-3-13(11)18-10-5-8(15)4-9(16)6-10/h1-6H,7H2. The molecular weight excluding hydrogens is 358 g/mol. The Kier molecular flexibility index (Phi) is 4.79. The van der Waals surface area contributed by atoms with Gasteiger partial charge in [-0.25, -0.2) is 0 Å². The molecular formula is C13H8BrCl3O. The Morgan fingerprint density at radius 2 is 1.67 bits per heavy atom. The molecule has 0 aliphatic rings. The van der Waals surface area contributed by atoms with Crippen molar-refractivity contribution >= 4 is 50.7 Å². The van der Waals surface area contributed by atoms with Crippen LogP contribution in [0.5, 0.6) is 11.5 Å². The van der Waals surface area contributed by atoms with Crippen LogP contribution in [0.2, 0.25) is 15.1 Å². The summed E-state index contributed by atoms with van der Waals surface area (Å²) in [5.74, 6) is 1.26. The molecule has 0 radical (unpaired) electrons. The van der Waals surface area contributed by atoms with E-state index in [0.29, 0.717) is 31.9 Å². The molecule has 2 rings (SSSR count). The van der Waals surface area contributed by atoms with E-state index < -0.39 is 0 Å². The maximum absolute atomic E-state index is 6.10. The van der Waals surface area contributed by atoms with E-state index in [1.165, 1.54) is 0 Å². The number of halogens is 4. The fourth-order valence-electron chi connectivity index (χ4n) is 1.48. The molecule has 0 aliphatic heterocycles. The number of benzene rings is 2. The average molecular weight is 366 g/mol. The van der Waals surface area contributed by atoms with Crippen LogP contribution in [-0.4, -0.2) is 0 Å². The van der Waals surface area contributed by atoms with Crippen molar-refractivity contribution in [2.24, 2.45) is 0 Å². The Bertz CT molecular complexity index is 552. The summed E-state index contributed by atoms with van der Waals surface area (Å²) >= 11 is 21.3. The summed E-state index contributed by atoms with van der Waals surface area (Å²) in [5, 5.41) is 2.31. The zero-order chi connectivity index (χ0) is 13.1. The van der Waals surface area contributed by atoms with Crippen molar-refractivity contribution in [3.8, 4) is 11.5 Å². The lowest BCUT2D eigenvalue weighted by Gasteiger charge is -2.11. The summed E-state index contributed by atoms with van der Waals surface area (Å²) in [4.78, 5) is 0. The summed E-state index contributed by atoms with van der Waals surface area (Å²) < 4.78 is 5.76. The molecule has 0 atom stereocenters. The molecule has 5 heteroatoms. The van der Waals surface area contributed by atoms with Crippen molar-refractivity contribution < 1.29 is 4.74 Å². The van der Waals surface area contributed by atoms with Crippen LogP contribution in [0.3, 0.4) is 0 Å². The minimum absolute atomic E-state index is 0.528. The Balaban J connectivity index is 2.36. The lowest BCUT2D eigenvalue weighted by molar-refractivity contribution is 0.479. The fourth-order valence-corrected chi connectivity index (χ4v) is 2.96. The van der Waals surface area contributed by atoms with Gasteiger partial charge >= 0.3 is 0 Å². The highest BCUT2D eigenvalue weighted by atomic mass is 79.9. The fraction of sp³-hybridized carbons (Fsp3) is 0.0769. The Hall–Kier alpha value is -0.410. The maximum atomic E-state index is 6.10. The highest BCUT2D eigenvalue weighted by Gasteiger charge is 2.08. The average Bonchev–Trinajstić information content (AvgIpc) is 2.27. The third-order valence-corrected chi connectivity index (χ3v) is 3.62. The lowest BCUT2D eigenvalue weighted by atomic mass is 10.2. The first-order chi connectivity index (χ1) is 8.60. The third kappa shape index (κ3) is 3.33. The van der Waals surface area contributed by atoms with E-state index >= 15 is 0 Å². The number of ether oxygens (including phenoxy) is 1. The predicted molar refractivity (Wildman–Crippen MR) is 80.6 cm³/mol. The monoisotopic (exact) mass is 364 g/mol. The minimum atomic E-state index is 0.528. The summed E-state index contributed by atoms with van der Waals surface area (Å²) in [7, 11) is 0. The lowest BCUT2D eigenvalue weighted by Crippen LogP contribution is -1.90. The Labute approximate surface area is 129 Å². The van der Waals surface area contributed by atoms with E-state index in [9.17, 15) is 0 Å². The van der Waals surface area contributed by atoms with Crippen molar-refractivity contribution in [2.45, 2.75) is 5.33 Å². The van der Waals surface area contributed by atoms with Crippen molar-refractivity contribution in [1.82, 2.24) is 0 Å². The molecule has 0 fully saturated rings. The van der Waals surface area contributed by atoms with E-state index in [1.807, 2.05) is 18.2 Å². The molecule has 0 unspecified atom stereocenters. The van der Waals surface area contributed by atoms with Crippen LogP contribution < -0.4 is 4.74 Å². The van der Waals surface area contributed by atoms with Crippen molar-refractivity contribution in [1.29, 1.82) is 0 Å². The van der Waals surface area contributed by atoms with Gasteiger partial charge in [0.1, 0.15) is 11.5 Å². The zero-order valence-corrected chi connectivity index (χ0v) is 12.9. The van der Waals surface area contributed by atoms with Crippen LogP contribution in [0.4, 0.5) is 0 Å². The molecule has 1 nitrogen and oxygen atoms in total. The van der Waals surface area contributed by atoms with Crippen molar-refractivity contribution in [3.63, 3.8) is 0 Å². The van der Waals surface area contributed by atoms with Crippen LogP contribution in [0.25, 0.3) is 0 Å². The molecule has 0 aliphatic carbocycles. The first kappa shape index (κ1) is 14.0. The second-order valence-corrected chi connectivity index (χ2v) is 5.40. The maximum Gasteiger partial charge on any atom is 0.132 e. The summed E-state index contributed by atoms with van der Waals surface area (Å²) in [6.07, 6.45) is 0. The minimum Gasteiger partial charge on any atom is -0.457 e. The molecule has 0 heterocycles. The van der Waals surface area contributed by atoms with Gasteiger partial charge in [0, 0.05) is 26.0 Å². The first-order valence-electron chi connectivity index (χ1n) is 5.07. The van der Waals surface area contributed by atoms with Gasteiger partial charge in [0.2, 0.25) is 0 Å². The van der Waals surface area contributed by atoms with E-state index in [-0.39, 0.29) is 0 Å². The second kappa shape index (κ2) is 6.16. The third-order valence-electron chi connectivity index (χ3n) is 2.27. The largest absolute Gasteiger partial charge is 0.457 e. The van der Waals surface area contributed by atoms with Gasteiger partial charge < -0.3 is 4.74 Å². The van der Waals surface area contributed by atoms with Gasteiger partial charge in [0.15, 0.2) is 0 Å². The second-order valence-electron chi connectivity index (χ2n) is 3.56. The smallest absolute Gasteiger partial charge is 0.132 e. The molecule has 18 heavy (non-hydrogen) atoms.